The van der Waals surface area contributed by atoms with Crippen LogP contribution < -0.4 is 9.64 Å². The van der Waals surface area contributed by atoms with Crippen molar-refractivity contribution in [3.63, 3.8) is 0 Å². The summed E-state index contributed by atoms with van der Waals surface area (Å²) in [5.41, 5.74) is 4.33. The lowest BCUT2D eigenvalue weighted by Gasteiger charge is -2.41. The number of piperazine rings is 1. The molecule has 2 aromatic rings. The van der Waals surface area contributed by atoms with Gasteiger partial charge in [-0.3, -0.25) is 4.79 Å². The average Bonchev–Trinajstić information content (AvgIpc) is 3.67. The van der Waals surface area contributed by atoms with E-state index in [0.717, 1.165) is 41.0 Å². The van der Waals surface area contributed by atoms with Crippen LogP contribution in [0.5, 0.6) is 5.88 Å². The zero-order valence-electron chi connectivity index (χ0n) is 19.8. The Morgan fingerprint density at radius 3 is 2.73 bits per heavy atom. The fourth-order valence-corrected chi connectivity index (χ4v) is 4.66. The van der Waals surface area contributed by atoms with Crippen molar-refractivity contribution in [1.29, 1.82) is 5.26 Å². The third kappa shape index (κ3) is 4.51. The van der Waals surface area contributed by atoms with E-state index in [1.165, 1.54) is 0 Å². The van der Waals surface area contributed by atoms with Crippen LogP contribution >= 0.6 is 0 Å². The Balaban J connectivity index is 1.71. The minimum Gasteiger partial charge on any atom is -0.481 e. The molecule has 1 amide bonds. The van der Waals surface area contributed by atoms with E-state index in [0.29, 0.717) is 50.0 Å². The van der Waals surface area contributed by atoms with Gasteiger partial charge in [-0.25, -0.2) is 9.97 Å². The van der Waals surface area contributed by atoms with E-state index in [1.807, 2.05) is 30.9 Å². The molecule has 2 aliphatic rings. The number of nitrogens with zero attached hydrogens (tertiary/aromatic N) is 5. The van der Waals surface area contributed by atoms with Gasteiger partial charge in [-0.15, -0.1) is 0 Å². The molecule has 2 aromatic heterocycles. The van der Waals surface area contributed by atoms with Crippen molar-refractivity contribution >= 4 is 11.7 Å². The molecule has 0 unspecified atom stereocenters. The highest BCUT2D eigenvalue weighted by atomic mass is 16.5. The maximum absolute atomic E-state index is 12.5. The summed E-state index contributed by atoms with van der Waals surface area (Å²) in [5, 5.41) is 10.1. The van der Waals surface area contributed by atoms with Crippen LogP contribution in [0, 0.1) is 18.3 Å². The third-order valence-electron chi connectivity index (χ3n) is 6.53. The summed E-state index contributed by atoms with van der Waals surface area (Å²) in [6.07, 6.45) is 4.27. The lowest BCUT2D eigenvalue weighted by atomic mass is 9.93. The fourth-order valence-electron chi connectivity index (χ4n) is 4.66. The molecule has 8 nitrogen and oxygen atoms in total. The number of rotatable bonds is 7. The van der Waals surface area contributed by atoms with E-state index in [9.17, 15) is 10.1 Å². The summed E-state index contributed by atoms with van der Waals surface area (Å²) >= 11 is 0. The predicted octanol–water partition coefficient (Wildman–Crippen LogP) is 3.28. The molecule has 3 heterocycles. The monoisotopic (exact) mass is 449 g/mol. The number of anilines is 1. The third-order valence-corrected chi connectivity index (χ3v) is 6.53. The molecule has 1 aliphatic carbocycles. The Kier molecular flexibility index (Phi) is 6.80. The molecular formula is C25H31N5O3. The van der Waals surface area contributed by atoms with E-state index >= 15 is 0 Å². The lowest BCUT2D eigenvalue weighted by Crippen LogP contribution is -2.54. The number of pyridine rings is 2. The number of amides is 1. The van der Waals surface area contributed by atoms with Crippen LogP contribution in [0.25, 0.3) is 11.1 Å². The van der Waals surface area contributed by atoms with Gasteiger partial charge in [0.2, 0.25) is 11.8 Å². The SMILES string of the molecule is COCCC(=O)N1CCN(c2nc(C3CC3)c(-c3cccnc3OC)c(C)c2C#N)C[C@H]1C. The summed E-state index contributed by atoms with van der Waals surface area (Å²) in [6.45, 7) is 6.35. The van der Waals surface area contributed by atoms with Crippen LogP contribution in [0.15, 0.2) is 18.3 Å². The zero-order chi connectivity index (χ0) is 23.5. The first-order valence-corrected chi connectivity index (χ1v) is 11.5. The van der Waals surface area contributed by atoms with E-state index in [4.69, 9.17) is 14.5 Å². The Bertz CT molecular complexity index is 1080. The lowest BCUT2D eigenvalue weighted by molar-refractivity contribution is -0.134. The highest BCUT2D eigenvalue weighted by molar-refractivity contribution is 5.80. The van der Waals surface area contributed by atoms with Crippen molar-refractivity contribution in [3.05, 3.63) is 35.2 Å². The van der Waals surface area contributed by atoms with Gasteiger partial charge in [0.05, 0.1) is 31.4 Å². The van der Waals surface area contributed by atoms with Crippen LogP contribution in [0.4, 0.5) is 5.82 Å². The first kappa shape index (κ1) is 23.0. The molecule has 1 atom stereocenters. The van der Waals surface area contributed by atoms with Crippen molar-refractivity contribution in [3.8, 4) is 23.1 Å². The number of ether oxygens (including phenoxy) is 2. The van der Waals surface area contributed by atoms with Crippen molar-refractivity contribution in [1.82, 2.24) is 14.9 Å². The Morgan fingerprint density at radius 1 is 1.30 bits per heavy atom. The van der Waals surface area contributed by atoms with Gasteiger partial charge < -0.3 is 19.3 Å². The Hall–Kier alpha value is -3.18. The van der Waals surface area contributed by atoms with Gasteiger partial charge in [0, 0.05) is 56.0 Å². The first-order valence-electron chi connectivity index (χ1n) is 11.5. The molecule has 1 saturated heterocycles. The number of carbonyl (C=O) groups excluding carboxylic acids is 1. The van der Waals surface area contributed by atoms with E-state index in [2.05, 4.69) is 16.0 Å². The van der Waals surface area contributed by atoms with Crippen molar-refractivity contribution in [2.75, 3.05) is 45.4 Å². The van der Waals surface area contributed by atoms with E-state index < -0.39 is 0 Å². The van der Waals surface area contributed by atoms with Gasteiger partial charge in [-0.1, -0.05) is 0 Å². The molecule has 4 rings (SSSR count). The van der Waals surface area contributed by atoms with Gasteiger partial charge >= 0.3 is 0 Å². The number of aromatic nitrogens is 2. The van der Waals surface area contributed by atoms with Gasteiger partial charge in [0.15, 0.2) is 0 Å². The second-order valence-corrected chi connectivity index (χ2v) is 8.77. The second-order valence-electron chi connectivity index (χ2n) is 8.77. The summed E-state index contributed by atoms with van der Waals surface area (Å²) in [5.74, 6) is 1.74. The van der Waals surface area contributed by atoms with E-state index in [-0.39, 0.29) is 11.9 Å². The van der Waals surface area contributed by atoms with Crippen LogP contribution in [-0.2, 0) is 9.53 Å². The van der Waals surface area contributed by atoms with Crippen molar-refractivity contribution < 1.29 is 14.3 Å². The normalized spacial score (nSPS) is 18.2. The summed E-state index contributed by atoms with van der Waals surface area (Å²) in [4.78, 5) is 26.1. The molecule has 8 heteroatoms. The van der Waals surface area contributed by atoms with Gasteiger partial charge in [-0.2, -0.15) is 5.26 Å². The van der Waals surface area contributed by atoms with Crippen molar-refractivity contribution in [2.24, 2.45) is 0 Å². The van der Waals surface area contributed by atoms with Crippen LogP contribution in [0.3, 0.4) is 0 Å². The maximum atomic E-state index is 12.5. The van der Waals surface area contributed by atoms with Crippen molar-refractivity contribution in [2.45, 2.75) is 45.1 Å². The molecule has 0 radical (unpaired) electrons. The largest absolute Gasteiger partial charge is 0.481 e. The molecule has 0 spiro atoms. The summed E-state index contributed by atoms with van der Waals surface area (Å²) in [6, 6.07) is 6.30. The molecule has 0 aromatic carbocycles. The number of carbonyl (C=O) groups is 1. The topological polar surface area (TPSA) is 91.6 Å². The van der Waals surface area contributed by atoms with Crippen LogP contribution in [-0.4, -0.2) is 67.3 Å². The van der Waals surface area contributed by atoms with Gasteiger partial charge in [0.1, 0.15) is 11.9 Å². The van der Waals surface area contributed by atoms with Gasteiger partial charge in [0.25, 0.3) is 0 Å². The molecule has 1 saturated carbocycles. The molecule has 33 heavy (non-hydrogen) atoms. The van der Waals surface area contributed by atoms with Crippen LogP contribution in [0.1, 0.15) is 48.9 Å². The zero-order valence-corrected chi connectivity index (χ0v) is 19.8. The standard InChI is InChI=1S/C25H31N5O3/c1-16-15-29(11-12-30(16)21(31)9-13-32-3)24-20(14-26)17(2)22(23(28-24)18-7-8-18)19-6-5-10-27-25(19)33-4/h5-6,10,16,18H,7-9,11-13,15H2,1-4H3/t16-/m1/s1. The number of hydrogen-bond donors (Lipinski definition) is 0. The predicted molar refractivity (Wildman–Crippen MR) is 125 cm³/mol. The fraction of sp³-hybridized carbons (Fsp3) is 0.520. The van der Waals surface area contributed by atoms with Gasteiger partial charge in [-0.05, 0) is 44.4 Å². The smallest absolute Gasteiger partial charge is 0.225 e. The van der Waals surface area contributed by atoms with Crippen LogP contribution in [0.2, 0.25) is 0 Å². The van der Waals surface area contributed by atoms with E-state index in [1.54, 1.807) is 20.4 Å². The Morgan fingerprint density at radius 2 is 2.09 bits per heavy atom. The maximum Gasteiger partial charge on any atom is 0.225 e. The summed E-state index contributed by atoms with van der Waals surface area (Å²) in [7, 11) is 3.22. The minimum absolute atomic E-state index is 0.0271. The molecule has 0 N–H and O–H groups in total. The number of nitriles is 1. The Labute approximate surface area is 195 Å². The summed E-state index contributed by atoms with van der Waals surface area (Å²) < 4.78 is 10.6. The quantitative estimate of drug-likeness (QED) is 0.640. The minimum atomic E-state index is 0.0271. The highest BCUT2D eigenvalue weighted by Gasteiger charge is 2.35. The molecule has 2 fully saturated rings. The number of hydrogen-bond acceptors (Lipinski definition) is 7. The molecule has 174 valence electrons. The molecule has 1 aliphatic heterocycles. The molecular weight excluding hydrogens is 418 g/mol. The second kappa shape index (κ2) is 9.75. The highest BCUT2D eigenvalue weighted by Crippen LogP contribution is 2.47. The molecule has 0 bridgehead atoms. The average molecular weight is 450 g/mol. The first-order chi connectivity index (χ1) is 16.0. The number of methoxy groups -OCH3 is 2.